The second kappa shape index (κ2) is 7.52. The SMILES string of the molecule is N#CC(=Cc1cc(Br)cs1)C(=O)Nc1sc2c(c1C(N)=O)CCCC2. The lowest BCUT2D eigenvalue weighted by Gasteiger charge is -2.11. The van der Waals surface area contributed by atoms with Gasteiger partial charge < -0.3 is 11.1 Å². The summed E-state index contributed by atoms with van der Waals surface area (Å²) < 4.78 is 0.892. The summed E-state index contributed by atoms with van der Waals surface area (Å²) in [6.07, 6.45) is 5.29. The van der Waals surface area contributed by atoms with Gasteiger partial charge in [-0.1, -0.05) is 0 Å². The third-order valence-corrected chi connectivity index (χ3v) is 6.73. The van der Waals surface area contributed by atoms with E-state index >= 15 is 0 Å². The van der Waals surface area contributed by atoms with E-state index in [1.807, 2.05) is 17.5 Å². The summed E-state index contributed by atoms with van der Waals surface area (Å²) in [7, 11) is 0. The van der Waals surface area contributed by atoms with Crippen molar-refractivity contribution < 1.29 is 9.59 Å². The Morgan fingerprint density at radius 3 is 2.76 bits per heavy atom. The lowest BCUT2D eigenvalue weighted by atomic mass is 9.95. The lowest BCUT2D eigenvalue weighted by molar-refractivity contribution is -0.112. The minimum absolute atomic E-state index is 0.0175. The van der Waals surface area contributed by atoms with Crippen LogP contribution in [-0.2, 0) is 17.6 Å². The summed E-state index contributed by atoms with van der Waals surface area (Å²) in [4.78, 5) is 26.2. The third-order valence-electron chi connectivity index (χ3n) is 3.88. The summed E-state index contributed by atoms with van der Waals surface area (Å²) in [5, 5.41) is 14.3. The highest BCUT2D eigenvalue weighted by Crippen LogP contribution is 2.38. The van der Waals surface area contributed by atoms with Gasteiger partial charge in [0.15, 0.2) is 0 Å². The maximum Gasteiger partial charge on any atom is 0.266 e. The molecule has 0 unspecified atom stereocenters. The number of fused-ring (bicyclic) bond motifs is 1. The Morgan fingerprint density at radius 2 is 2.12 bits per heavy atom. The van der Waals surface area contributed by atoms with Crippen LogP contribution in [0.25, 0.3) is 6.08 Å². The Hall–Kier alpha value is -1.95. The highest BCUT2D eigenvalue weighted by atomic mass is 79.9. The van der Waals surface area contributed by atoms with E-state index < -0.39 is 11.8 Å². The Labute approximate surface area is 161 Å². The summed E-state index contributed by atoms with van der Waals surface area (Å²) in [5.41, 5.74) is 6.85. The van der Waals surface area contributed by atoms with Gasteiger partial charge in [-0.2, -0.15) is 5.26 Å². The number of thiophene rings is 2. The number of primary amides is 1. The highest BCUT2D eigenvalue weighted by Gasteiger charge is 2.25. The third kappa shape index (κ3) is 3.84. The van der Waals surface area contributed by atoms with Crippen LogP contribution < -0.4 is 11.1 Å². The first-order chi connectivity index (χ1) is 12.0. The van der Waals surface area contributed by atoms with Crippen LogP contribution in [0.1, 0.15) is 38.5 Å². The van der Waals surface area contributed by atoms with E-state index in [1.54, 1.807) is 0 Å². The van der Waals surface area contributed by atoms with Crippen molar-refractivity contribution in [1.82, 2.24) is 0 Å². The molecule has 0 atom stereocenters. The zero-order valence-electron chi connectivity index (χ0n) is 13.1. The van der Waals surface area contributed by atoms with Crippen LogP contribution in [0.2, 0.25) is 0 Å². The van der Waals surface area contributed by atoms with Crippen LogP contribution in [0, 0.1) is 11.3 Å². The highest BCUT2D eigenvalue weighted by molar-refractivity contribution is 9.10. The molecule has 1 aliphatic rings. The van der Waals surface area contributed by atoms with Crippen LogP contribution in [0.4, 0.5) is 5.00 Å². The predicted molar refractivity (Wildman–Crippen MR) is 104 cm³/mol. The first kappa shape index (κ1) is 17.9. The summed E-state index contributed by atoms with van der Waals surface area (Å²) >= 11 is 6.14. The van der Waals surface area contributed by atoms with Gasteiger partial charge in [0.25, 0.3) is 11.8 Å². The lowest BCUT2D eigenvalue weighted by Crippen LogP contribution is -2.19. The molecule has 25 heavy (non-hydrogen) atoms. The summed E-state index contributed by atoms with van der Waals surface area (Å²) in [6, 6.07) is 3.75. The maximum atomic E-state index is 12.5. The van der Waals surface area contributed by atoms with Crippen molar-refractivity contribution >= 4 is 61.5 Å². The fraction of sp³-hybridized carbons (Fsp3) is 0.235. The molecule has 0 spiro atoms. The van der Waals surface area contributed by atoms with Crippen LogP contribution in [-0.4, -0.2) is 11.8 Å². The molecule has 0 aromatic carbocycles. The van der Waals surface area contributed by atoms with Gasteiger partial charge in [0, 0.05) is 19.6 Å². The minimum atomic E-state index is -0.542. The molecule has 3 N–H and O–H groups in total. The van der Waals surface area contributed by atoms with Crippen molar-refractivity contribution in [3.05, 3.63) is 42.4 Å². The van der Waals surface area contributed by atoms with Crippen molar-refractivity contribution in [3.63, 3.8) is 0 Å². The molecule has 2 aromatic heterocycles. The van der Waals surface area contributed by atoms with Crippen molar-refractivity contribution in [2.45, 2.75) is 25.7 Å². The van der Waals surface area contributed by atoms with Crippen LogP contribution >= 0.6 is 38.6 Å². The number of amides is 2. The molecule has 1 aliphatic carbocycles. The molecule has 8 heteroatoms. The number of nitrogens with two attached hydrogens (primary N) is 1. The molecule has 0 bridgehead atoms. The monoisotopic (exact) mass is 435 g/mol. The van der Waals surface area contributed by atoms with Crippen LogP contribution in [0.15, 0.2) is 21.5 Å². The van der Waals surface area contributed by atoms with Crippen LogP contribution in [0.5, 0.6) is 0 Å². The number of rotatable bonds is 4. The molecule has 2 heterocycles. The average molecular weight is 436 g/mol. The quantitative estimate of drug-likeness (QED) is 0.558. The maximum absolute atomic E-state index is 12.5. The van der Waals surface area contributed by atoms with E-state index in [-0.39, 0.29) is 5.57 Å². The Morgan fingerprint density at radius 1 is 1.36 bits per heavy atom. The molecule has 2 amide bonds. The largest absolute Gasteiger partial charge is 0.365 e. The number of hydrogen-bond acceptors (Lipinski definition) is 5. The van der Waals surface area contributed by atoms with E-state index in [9.17, 15) is 14.9 Å². The van der Waals surface area contributed by atoms with E-state index in [0.29, 0.717) is 10.6 Å². The summed E-state index contributed by atoms with van der Waals surface area (Å²) in [5.74, 6) is -1.08. The number of aryl methyl sites for hydroxylation is 1. The average Bonchev–Trinajstić information content (AvgIpc) is 3.15. The second-order valence-corrected chi connectivity index (χ2v) is 8.53. The predicted octanol–water partition coefficient (Wildman–Crippen LogP) is 4.10. The fourth-order valence-electron chi connectivity index (χ4n) is 2.78. The van der Waals surface area contributed by atoms with Crippen molar-refractivity contribution in [3.8, 4) is 6.07 Å². The van der Waals surface area contributed by atoms with Gasteiger partial charge in [-0.15, -0.1) is 22.7 Å². The minimum Gasteiger partial charge on any atom is -0.365 e. The smallest absolute Gasteiger partial charge is 0.266 e. The molecular formula is C17H14BrN3O2S2. The zero-order chi connectivity index (χ0) is 18.0. The van der Waals surface area contributed by atoms with Gasteiger partial charge in [-0.05, 0) is 59.3 Å². The normalized spacial score (nSPS) is 13.8. The molecule has 0 saturated carbocycles. The van der Waals surface area contributed by atoms with Crippen molar-refractivity contribution in [2.24, 2.45) is 5.73 Å². The fourth-order valence-corrected chi connectivity index (χ4v) is 5.45. The van der Waals surface area contributed by atoms with Gasteiger partial charge in [0.1, 0.15) is 16.6 Å². The Kier molecular flexibility index (Phi) is 5.37. The van der Waals surface area contributed by atoms with Gasteiger partial charge >= 0.3 is 0 Å². The van der Waals surface area contributed by atoms with Gasteiger partial charge in [0.2, 0.25) is 0 Å². The second-order valence-electron chi connectivity index (χ2n) is 5.57. The molecule has 0 radical (unpaired) electrons. The van der Waals surface area contributed by atoms with Gasteiger partial charge in [-0.25, -0.2) is 0 Å². The first-order valence-electron chi connectivity index (χ1n) is 7.61. The molecular weight excluding hydrogens is 422 g/mol. The van der Waals surface area contributed by atoms with E-state index in [2.05, 4.69) is 21.2 Å². The van der Waals surface area contributed by atoms with Gasteiger partial charge in [0.05, 0.1) is 5.56 Å². The van der Waals surface area contributed by atoms with Crippen LogP contribution in [0.3, 0.4) is 0 Å². The number of nitrogens with zero attached hydrogens (tertiary/aromatic N) is 1. The number of halogens is 1. The number of carbonyl (C=O) groups excluding carboxylic acids is 2. The van der Waals surface area contributed by atoms with E-state index in [0.717, 1.165) is 45.5 Å². The van der Waals surface area contributed by atoms with Crippen molar-refractivity contribution in [1.29, 1.82) is 5.26 Å². The molecule has 128 valence electrons. The molecule has 2 aromatic rings. The molecule has 0 saturated heterocycles. The topological polar surface area (TPSA) is 96.0 Å². The molecule has 0 aliphatic heterocycles. The summed E-state index contributed by atoms with van der Waals surface area (Å²) in [6.45, 7) is 0. The standard InChI is InChI=1S/C17H14BrN3O2S2/c18-10-6-11(24-8-10)5-9(7-19)16(23)21-17-14(15(20)22)12-3-1-2-4-13(12)25-17/h5-6,8H,1-4H2,(H2,20,22)(H,21,23). The zero-order valence-corrected chi connectivity index (χ0v) is 16.3. The molecule has 5 nitrogen and oxygen atoms in total. The molecule has 0 fully saturated rings. The number of hydrogen-bond donors (Lipinski definition) is 2. The Bertz CT molecular complexity index is 921. The van der Waals surface area contributed by atoms with E-state index in [1.165, 1.54) is 28.7 Å². The molecule has 3 rings (SSSR count). The number of carbonyl (C=O) groups is 2. The van der Waals surface area contributed by atoms with Gasteiger partial charge in [-0.3, -0.25) is 9.59 Å². The number of nitriles is 1. The first-order valence-corrected chi connectivity index (χ1v) is 10.1. The van der Waals surface area contributed by atoms with Crippen molar-refractivity contribution in [2.75, 3.05) is 5.32 Å². The number of anilines is 1. The number of nitrogens with one attached hydrogen (secondary N) is 1. The Balaban J connectivity index is 1.90. The van der Waals surface area contributed by atoms with E-state index in [4.69, 9.17) is 5.73 Å².